The molecule has 2 aliphatic rings. The van der Waals surface area contributed by atoms with E-state index >= 15 is 0 Å². The van der Waals surface area contributed by atoms with Crippen LogP contribution in [0.3, 0.4) is 0 Å². The molecule has 3 nitrogen and oxygen atoms in total. The summed E-state index contributed by atoms with van der Waals surface area (Å²) in [6, 6.07) is 3.95. The number of hydrogen-bond donors (Lipinski definition) is 1. The molecule has 0 amide bonds. The van der Waals surface area contributed by atoms with Gasteiger partial charge in [0.25, 0.3) is 0 Å². The molecule has 3 unspecified atom stereocenters. The topological polar surface area (TPSA) is 36.4 Å². The van der Waals surface area contributed by atoms with Gasteiger partial charge < -0.3 is 10.0 Å². The minimum atomic E-state index is -0.408. The molecule has 1 aliphatic heterocycles. The lowest BCUT2D eigenvalue weighted by Gasteiger charge is -2.41. The van der Waals surface area contributed by atoms with Crippen LogP contribution in [0, 0.1) is 11.8 Å². The first-order valence-corrected chi connectivity index (χ1v) is 7.63. The molecule has 0 spiro atoms. The van der Waals surface area contributed by atoms with E-state index in [1.807, 2.05) is 25.3 Å². The van der Waals surface area contributed by atoms with E-state index in [1.165, 1.54) is 32.1 Å². The second kappa shape index (κ2) is 5.49. The highest BCUT2D eigenvalue weighted by Crippen LogP contribution is 2.37. The van der Waals surface area contributed by atoms with Crippen molar-refractivity contribution in [3.63, 3.8) is 0 Å². The first-order valence-electron chi connectivity index (χ1n) is 7.63. The molecule has 1 aromatic heterocycles. The minimum Gasteiger partial charge on any atom is -0.389 e. The second-order valence-corrected chi connectivity index (χ2v) is 6.16. The molecule has 0 radical (unpaired) electrons. The molecule has 0 aromatic carbocycles. The van der Waals surface area contributed by atoms with Crippen molar-refractivity contribution in [2.45, 2.75) is 45.1 Å². The summed E-state index contributed by atoms with van der Waals surface area (Å²) in [6.45, 7) is 4.09. The number of fused-ring (bicyclic) bond motifs is 1. The normalized spacial score (nSPS) is 28.8. The van der Waals surface area contributed by atoms with E-state index in [0.717, 1.165) is 36.3 Å². The van der Waals surface area contributed by atoms with Crippen LogP contribution in [-0.4, -0.2) is 23.2 Å². The number of pyridine rings is 1. The SMILES string of the molecule is CC(O)c1ccnc(N2CCC3CCCCC3C2)c1. The van der Waals surface area contributed by atoms with Gasteiger partial charge in [0, 0.05) is 19.3 Å². The number of nitrogens with zero attached hydrogens (tertiary/aromatic N) is 2. The Hall–Kier alpha value is -1.09. The van der Waals surface area contributed by atoms with E-state index in [0.29, 0.717) is 0 Å². The summed E-state index contributed by atoms with van der Waals surface area (Å²) in [5.74, 6) is 2.85. The molecule has 3 heteroatoms. The number of aliphatic hydroxyl groups excluding tert-OH is 1. The van der Waals surface area contributed by atoms with Crippen molar-refractivity contribution < 1.29 is 5.11 Å². The number of hydrogen-bond acceptors (Lipinski definition) is 3. The molecule has 1 saturated carbocycles. The standard InChI is InChI=1S/C16H24N2O/c1-12(19)14-6-8-17-16(10-14)18-9-7-13-4-2-3-5-15(13)11-18/h6,8,10,12-13,15,19H,2-5,7,9,11H2,1H3. The minimum absolute atomic E-state index is 0.408. The van der Waals surface area contributed by atoms with Crippen molar-refractivity contribution in [2.75, 3.05) is 18.0 Å². The van der Waals surface area contributed by atoms with Crippen molar-refractivity contribution in [3.8, 4) is 0 Å². The zero-order chi connectivity index (χ0) is 13.2. The van der Waals surface area contributed by atoms with Crippen LogP contribution in [0.25, 0.3) is 0 Å². The first-order chi connectivity index (χ1) is 9.24. The molecule has 1 aromatic rings. The molecular formula is C16H24N2O. The van der Waals surface area contributed by atoms with E-state index in [4.69, 9.17) is 0 Å². The highest BCUT2D eigenvalue weighted by atomic mass is 16.3. The molecule has 3 rings (SSSR count). The quantitative estimate of drug-likeness (QED) is 0.887. The maximum Gasteiger partial charge on any atom is 0.128 e. The van der Waals surface area contributed by atoms with Gasteiger partial charge in [-0.15, -0.1) is 0 Å². The Morgan fingerprint density at radius 1 is 1.26 bits per heavy atom. The van der Waals surface area contributed by atoms with Crippen LogP contribution in [-0.2, 0) is 0 Å². The lowest BCUT2D eigenvalue weighted by molar-refractivity contribution is 0.198. The van der Waals surface area contributed by atoms with Gasteiger partial charge >= 0.3 is 0 Å². The molecule has 2 fully saturated rings. The molecule has 1 aliphatic carbocycles. The first kappa shape index (κ1) is 12.9. The highest BCUT2D eigenvalue weighted by molar-refractivity contribution is 5.42. The van der Waals surface area contributed by atoms with Crippen LogP contribution in [0.2, 0.25) is 0 Å². The molecular weight excluding hydrogens is 236 g/mol. The Kier molecular flexibility index (Phi) is 3.74. The van der Waals surface area contributed by atoms with Crippen molar-refractivity contribution in [1.29, 1.82) is 0 Å². The zero-order valence-electron chi connectivity index (χ0n) is 11.8. The van der Waals surface area contributed by atoms with Gasteiger partial charge in [-0.2, -0.15) is 0 Å². The largest absolute Gasteiger partial charge is 0.389 e. The Labute approximate surface area is 115 Å². The average Bonchev–Trinajstić information content (AvgIpc) is 2.47. The van der Waals surface area contributed by atoms with Gasteiger partial charge in [0.15, 0.2) is 0 Å². The average molecular weight is 260 g/mol. The van der Waals surface area contributed by atoms with Crippen LogP contribution < -0.4 is 4.90 Å². The van der Waals surface area contributed by atoms with E-state index in [9.17, 15) is 5.11 Å². The summed E-state index contributed by atoms with van der Waals surface area (Å²) in [5.41, 5.74) is 0.968. The summed E-state index contributed by atoms with van der Waals surface area (Å²) in [4.78, 5) is 6.91. The molecule has 104 valence electrons. The molecule has 1 saturated heterocycles. The third kappa shape index (κ3) is 2.76. The van der Waals surface area contributed by atoms with Crippen LogP contribution >= 0.6 is 0 Å². The van der Waals surface area contributed by atoms with Gasteiger partial charge in [-0.3, -0.25) is 0 Å². The summed E-state index contributed by atoms with van der Waals surface area (Å²) in [5, 5.41) is 9.69. The van der Waals surface area contributed by atoms with Crippen LogP contribution in [0.5, 0.6) is 0 Å². The number of aliphatic hydroxyl groups is 1. The molecule has 0 bridgehead atoms. The second-order valence-electron chi connectivity index (χ2n) is 6.16. The molecule has 3 atom stereocenters. The summed E-state index contributed by atoms with van der Waals surface area (Å²) in [6.07, 6.45) is 8.37. The van der Waals surface area contributed by atoms with Gasteiger partial charge in [0.2, 0.25) is 0 Å². The van der Waals surface area contributed by atoms with Gasteiger partial charge in [0.1, 0.15) is 5.82 Å². The lowest BCUT2D eigenvalue weighted by Crippen LogP contribution is -2.42. The number of anilines is 1. The summed E-state index contributed by atoms with van der Waals surface area (Å²) in [7, 11) is 0. The van der Waals surface area contributed by atoms with E-state index < -0.39 is 6.10 Å². The van der Waals surface area contributed by atoms with Crippen molar-refractivity contribution in [2.24, 2.45) is 11.8 Å². The highest BCUT2D eigenvalue weighted by Gasteiger charge is 2.31. The predicted molar refractivity (Wildman–Crippen MR) is 77.1 cm³/mol. The Balaban J connectivity index is 1.74. The van der Waals surface area contributed by atoms with Crippen LogP contribution in [0.4, 0.5) is 5.82 Å². The number of aromatic nitrogens is 1. The van der Waals surface area contributed by atoms with Gasteiger partial charge in [-0.1, -0.05) is 19.3 Å². The molecule has 2 heterocycles. The smallest absolute Gasteiger partial charge is 0.128 e. The maximum absolute atomic E-state index is 9.69. The maximum atomic E-state index is 9.69. The summed E-state index contributed by atoms with van der Waals surface area (Å²) < 4.78 is 0. The zero-order valence-corrected chi connectivity index (χ0v) is 11.8. The van der Waals surface area contributed by atoms with E-state index in [-0.39, 0.29) is 0 Å². The molecule has 19 heavy (non-hydrogen) atoms. The van der Waals surface area contributed by atoms with Gasteiger partial charge in [-0.05, 0) is 49.3 Å². The summed E-state index contributed by atoms with van der Waals surface area (Å²) >= 11 is 0. The molecule has 1 N–H and O–H groups in total. The fraction of sp³-hybridized carbons (Fsp3) is 0.688. The van der Waals surface area contributed by atoms with Crippen LogP contribution in [0.15, 0.2) is 18.3 Å². The Morgan fingerprint density at radius 2 is 2.05 bits per heavy atom. The fourth-order valence-corrected chi connectivity index (χ4v) is 3.68. The van der Waals surface area contributed by atoms with E-state index in [1.54, 1.807) is 0 Å². The lowest BCUT2D eigenvalue weighted by atomic mass is 9.75. The van der Waals surface area contributed by atoms with Crippen molar-refractivity contribution >= 4 is 5.82 Å². The third-order valence-electron chi connectivity index (χ3n) is 4.87. The Morgan fingerprint density at radius 3 is 2.84 bits per heavy atom. The van der Waals surface area contributed by atoms with Gasteiger partial charge in [0.05, 0.1) is 6.10 Å². The Bertz CT molecular complexity index is 433. The van der Waals surface area contributed by atoms with Crippen molar-refractivity contribution in [3.05, 3.63) is 23.9 Å². The predicted octanol–water partition coefficient (Wildman–Crippen LogP) is 3.15. The van der Waals surface area contributed by atoms with Gasteiger partial charge in [-0.25, -0.2) is 4.98 Å². The fourth-order valence-electron chi connectivity index (χ4n) is 3.68. The monoisotopic (exact) mass is 260 g/mol. The number of rotatable bonds is 2. The third-order valence-corrected chi connectivity index (χ3v) is 4.87. The van der Waals surface area contributed by atoms with Crippen LogP contribution in [0.1, 0.15) is 50.7 Å². The number of piperidine rings is 1. The van der Waals surface area contributed by atoms with E-state index in [2.05, 4.69) is 9.88 Å². The van der Waals surface area contributed by atoms with Crippen molar-refractivity contribution in [1.82, 2.24) is 4.98 Å².